The molecule has 0 unspecified atom stereocenters. The quantitative estimate of drug-likeness (QED) is 0.805. The van der Waals surface area contributed by atoms with E-state index < -0.39 is 5.91 Å². The minimum absolute atomic E-state index is 0.129. The molecule has 0 aliphatic rings. The summed E-state index contributed by atoms with van der Waals surface area (Å²) in [7, 11) is 0. The smallest absolute Gasteiger partial charge is 0.255 e. The molecule has 0 aliphatic carbocycles. The zero-order valence-electron chi connectivity index (χ0n) is 10.2. The highest BCUT2D eigenvalue weighted by atomic mass is 16.5. The second kappa shape index (κ2) is 6.34. The maximum Gasteiger partial charge on any atom is 0.255 e. The molecule has 1 aromatic carbocycles. The largest absolute Gasteiger partial charge is 0.484 e. The summed E-state index contributed by atoms with van der Waals surface area (Å²) in [5, 5.41) is 3.21. The molecule has 0 saturated heterocycles. The van der Waals surface area contributed by atoms with E-state index in [1.165, 1.54) is 6.33 Å². The first kappa shape index (κ1) is 12.8. The van der Waals surface area contributed by atoms with Crippen LogP contribution in [0.2, 0.25) is 0 Å². The highest BCUT2D eigenvalue weighted by Crippen LogP contribution is 2.17. The lowest BCUT2D eigenvalue weighted by molar-refractivity contribution is -0.119. The molecule has 1 heterocycles. The van der Waals surface area contributed by atoms with Crippen LogP contribution in [0.4, 0.5) is 5.69 Å². The first-order chi connectivity index (χ1) is 9.24. The van der Waals surface area contributed by atoms with Crippen molar-refractivity contribution in [1.29, 1.82) is 0 Å². The molecule has 6 heteroatoms. The third kappa shape index (κ3) is 4.27. The van der Waals surface area contributed by atoms with Crippen molar-refractivity contribution in [2.24, 2.45) is 5.73 Å². The van der Waals surface area contributed by atoms with Crippen molar-refractivity contribution in [3.05, 3.63) is 48.5 Å². The normalized spacial score (nSPS) is 9.89. The molecular formula is C13H14N4O2. The molecule has 0 atom stereocenters. The van der Waals surface area contributed by atoms with E-state index in [1.54, 1.807) is 24.5 Å². The van der Waals surface area contributed by atoms with Gasteiger partial charge < -0.3 is 15.8 Å². The zero-order chi connectivity index (χ0) is 13.5. The number of carbonyl (C=O) groups excluding carboxylic acids is 1. The Hall–Kier alpha value is -2.63. The van der Waals surface area contributed by atoms with Gasteiger partial charge >= 0.3 is 0 Å². The molecule has 0 spiro atoms. The standard InChI is InChI=1S/C13H14N4O2/c14-13(18)8-19-12-3-1-2-11(4-12)17-7-10-5-15-9-16-6-10/h1-6,9,17H,7-8H2,(H2,14,18). The van der Waals surface area contributed by atoms with Crippen molar-refractivity contribution in [2.45, 2.75) is 6.54 Å². The second-order valence-electron chi connectivity index (χ2n) is 3.88. The van der Waals surface area contributed by atoms with Gasteiger partial charge in [-0.25, -0.2) is 9.97 Å². The molecular weight excluding hydrogens is 244 g/mol. The Morgan fingerprint density at radius 3 is 2.84 bits per heavy atom. The molecule has 1 amide bonds. The fraction of sp³-hybridized carbons (Fsp3) is 0.154. The van der Waals surface area contributed by atoms with Gasteiger partial charge in [0, 0.05) is 36.3 Å². The van der Waals surface area contributed by atoms with Gasteiger partial charge in [-0.05, 0) is 12.1 Å². The van der Waals surface area contributed by atoms with Crippen LogP contribution in [0.5, 0.6) is 5.75 Å². The number of amides is 1. The number of rotatable bonds is 6. The van der Waals surface area contributed by atoms with Crippen molar-refractivity contribution in [2.75, 3.05) is 11.9 Å². The highest BCUT2D eigenvalue weighted by molar-refractivity contribution is 5.75. The average Bonchev–Trinajstić information content (AvgIpc) is 2.44. The molecule has 19 heavy (non-hydrogen) atoms. The van der Waals surface area contributed by atoms with Gasteiger partial charge in [-0.1, -0.05) is 6.07 Å². The molecule has 3 N–H and O–H groups in total. The van der Waals surface area contributed by atoms with Gasteiger partial charge in [0.25, 0.3) is 5.91 Å². The number of hydrogen-bond donors (Lipinski definition) is 2. The SMILES string of the molecule is NC(=O)COc1cccc(NCc2cncnc2)c1. The van der Waals surface area contributed by atoms with Crippen LogP contribution in [0.1, 0.15) is 5.56 Å². The predicted octanol–water partition coefficient (Wildman–Crippen LogP) is 0.953. The second-order valence-corrected chi connectivity index (χ2v) is 3.88. The van der Waals surface area contributed by atoms with Crippen LogP contribution in [0.3, 0.4) is 0 Å². The summed E-state index contributed by atoms with van der Waals surface area (Å²) in [6.45, 7) is 0.482. The number of nitrogens with two attached hydrogens (primary N) is 1. The van der Waals surface area contributed by atoms with E-state index in [1.807, 2.05) is 12.1 Å². The third-order valence-electron chi connectivity index (χ3n) is 2.33. The van der Waals surface area contributed by atoms with Gasteiger partial charge in [0.2, 0.25) is 0 Å². The van der Waals surface area contributed by atoms with E-state index in [2.05, 4.69) is 15.3 Å². The molecule has 2 rings (SSSR count). The minimum atomic E-state index is -0.500. The number of hydrogen-bond acceptors (Lipinski definition) is 5. The maximum absolute atomic E-state index is 10.6. The van der Waals surface area contributed by atoms with E-state index in [4.69, 9.17) is 10.5 Å². The van der Waals surface area contributed by atoms with Crippen LogP contribution >= 0.6 is 0 Å². The lowest BCUT2D eigenvalue weighted by Crippen LogP contribution is -2.20. The first-order valence-corrected chi connectivity index (χ1v) is 5.73. The van der Waals surface area contributed by atoms with Crippen LogP contribution in [-0.4, -0.2) is 22.5 Å². The number of carbonyl (C=O) groups is 1. The fourth-order valence-corrected chi connectivity index (χ4v) is 1.48. The lowest BCUT2D eigenvalue weighted by atomic mass is 10.2. The Bertz CT molecular complexity index is 545. The Kier molecular flexibility index (Phi) is 4.28. The van der Waals surface area contributed by atoms with E-state index in [0.29, 0.717) is 12.3 Å². The Labute approximate surface area is 110 Å². The number of ether oxygens (including phenoxy) is 1. The summed E-state index contributed by atoms with van der Waals surface area (Å²) in [5.41, 5.74) is 6.88. The van der Waals surface area contributed by atoms with Gasteiger partial charge in [0.05, 0.1) is 0 Å². The average molecular weight is 258 g/mol. The molecule has 98 valence electrons. The summed E-state index contributed by atoms with van der Waals surface area (Å²) in [6, 6.07) is 7.30. The van der Waals surface area contributed by atoms with Gasteiger partial charge in [-0.2, -0.15) is 0 Å². The van der Waals surface area contributed by atoms with E-state index in [9.17, 15) is 4.79 Å². The summed E-state index contributed by atoms with van der Waals surface area (Å²) < 4.78 is 5.22. The summed E-state index contributed by atoms with van der Waals surface area (Å²) >= 11 is 0. The molecule has 0 radical (unpaired) electrons. The van der Waals surface area contributed by atoms with Crippen LogP contribution in [0, 0.1) is 0 Å². The Morgan fingerprint density at radius 2 is 2.11 bits per heavy atom. The van der Waals surface area contributed by atoms with Gasteiger partial charge in [0.15, 0.2) is 6.61 Å². The number of primary amides is 1. The van der Waals surface area contributed by atoms with E-state index in [0.717, 1.165) is 11.3 Å². The van der Waals surface area contributed by atoms with Gasteiger partial charge in [0.1, 0.15) is 12.1 Å². The molecule has 0 saturated carbocycles. The number of nitrogens with zero attached hydrogens (tertiary/aromatic N) is 2. The highest BCUT2D eigenvalue weighted by Gasteiger charge is 1.99. The lowest BCUT2D eigenvalue weighted by Gasteiger charge is -2.08. The van der Waals surface area contributed by atoms with Crippen LogP contribution < -0.4 is 15.8 Å². The van der Waals surface area contributed by atoms with Crippen molar-refractivity contribution < 1.29 is 9.53 Å². The topological polar surface area (TPSA) is 90.1 Å². The molecule has 1 aromatic heterocycles. The van der Waals surface area contributed by atoms with Crippen LogP contribution in [0.15, 0.2) is 43.0 Å². The van der Waals surface area contributed by atoms with E-state index >= 15 is 0 Å². The number of nitrogens with one attached hydrogen (secondary N) is 1. The Morgan fingerprint density at radius 1 is 1.32 bits per heavy atom. The fourth-order valence-electron chi connectivity index (χ4n) is 1.48. The molecule has 6 nitrogen and oxygen atoms in total. The van der Waals surface area contributed by atoms with E-state index in [-0.39, 0.29) is 6.61 Å². The van der Waals surface area contributed by atoms with Crippen molar-refractivity contribution >= 4 is 11.6 Å². The number of aromatic nitrogens is 2. The van der Waals surface area contributed by atoms with Crippen LogP contribution in [-0.2, 0) is 11.3 Å². The minimum Gasteiger partial charge on any atom is -0.484 e. The number of anilines is 1. The molecule has 0 aliphatic heterocycles. The summed E-state index contributed by atoms with van der Waals surface area (Å²) in [5.74, 6) is 0.0907. The van der Waals surface area contributed by atoms with Crippen LogP contribution in [0.25, 0.3) is 0 Å². The zero-order valence-corrected chi connectivity index (χ0v) is 10.2. The molecule has 0 fully saturated rings. The van der Waals surface area contributed by atoms with Gasteiger partial charge in [-0.15, -0.1) is 0 Å². The molecule has 2 aromatic rings. The Balaban J connectivity index is 1.93. The monoisotopic (exact) mass is 258 g/mol. The maximum atomic E-state index is 10.6. The molecule has 0 bridgehead atoms. The first-order valence-electron chi connectivity index (χ1n) is 5.73. The number of benzene rings is 1. The predicted molar refractivity (Wildman–Crippen MR) is 70.5 cm³/mol. The van der Waals surface area contributed by atoms with Gasteiger partial charge in [-0.3, -0.25) is 4.79 Å². The van der Waals surface area contributed by atoms with Crippen molar-refractivity contribution in [1.82, 2.24) is 9.97 Å². The summed E-state index contributed by atoms with van der Waals surface area (Å²) in [6.07, 6.45) is 4.97. The summed E-state index contributed by atoms with van der Waals surface area (Å²) in [4.78, 5) is 18.5. The third-order valence-corrected chi connectivity index (χ3v) is 2.33. The van der Waals surface area contributed by atoms with Crippen molar-refractivity contribution in [3.8, 4) is 5.75 Å². The van der Waals surface area contributed by atoms with Crippen molar-refractivity contribution in [3.63, 3.8) is 0 Å².